The molecule has 23 heavy (non-hydrogen) atoms. The minimum absolute atomic E-state index is 0.0139. The minimum Gasteiger partial charge on any atom is -0.451 e. The number of halogens is 1. The summed E-state index contributed by atoms with van der Waals surface area (Å²) in [6.45, 7) is 0. The van der Waals surface area contributed by atoms with Gasteiger partial charge in [-0.2, -0.15) is 0 Å². The topological polar surface area (TPSA) is 67.6 Å². The zero-order valence-electron chi connectivity index (χ0n) is 12.5. The largest absolute Gasteiger partial charge is 0.451 e. The van der Waals surface area contributed by atoms with Crippen LogP contribution in [-0.4, -0.2) is 43.8 Å². The van der Waals surface area contributed by atoms with Gasteiger partial charge in [0.2, 0.25) is 0 Å². The van der Waals surface area contributed by atoms with Crippen molar-refractivity contribution >= 4 is 27.3 Å². The van der Waals surface area contributed by atoms with Gasteiger partial charge in [-0.15, -0.1) is 0 Å². The van der Waals surface area contributed by atoms with Gasteiger partial charge in [0.15, 0.2) is 15.6 Å². The maximum Gasteiger partial charge on any atom is 0.289 e. The van der Waals surface area contributed by atoms with E-state index in [9.17, 15) is 13.2 Å². The summed E-state index contributed by atoms with van der Waals surface area (Å²) in [7, 11) is -1.43. The summed E-state index contributed by atoms with van der Waals surface area (Å²) in [5.41, 5.74) is 0.819. The van der Waals surface area contributed by atoms with Gasteiger partial charge >= 0.3 is 0 Å². The average molecular weight is 354 g/mol. The molecule has 1 amide bonds. The fraction of sp³-hybridized carbons (Fsp3) is 0.312. The molecule has 1 atom stereocenters. The fourth-order valence-corrected chi connectivity index (χ4v) is 4.54. The Morgan fingerprint density at radius 2 is 1.91 bits per heavy atom. The molecular formula is C16H16ClNO4S. The molecule has 0 aliphatic carbocycles. The van der Waals surface area contributed by atoms with E-state index >= 15 is 0 Å². The number of carbonyl (C=O) groups is 1. The molecule has 2 aromatic rings. The number of furan rings is 1. The highest BCUT2D eigenvalue weighted by Gasteiger charge is 2.33. The van der Waals surface area contributed by atoms with Crippen LogP contribution in [0.3, 0.4) is 0 Å². The van der Waals surface area contributed by atoms with Crippen molar-refractivity contribution in [3.05, 3.63) is 47.2 Å². The highest BCUT2D eigenvalue weighted by molar-refractivity contribution is 7.91. The molecule has 0 radical (unpaired) electrons. The van der Waals surface area contributed by atoms with Crippen LogP contribution >= 0.6 is 11.6 Å². The van der Waals surface area contributed by atoms with Crippen molar-refractivity contribution in [1.29, 1.82) is 0 Å². The average Bonchev–Trinajstić information content (AvgIpc) is 3.13. The van der Waals surface area contributed by atoms with Crippen LogP contribution in [-0.2, 0) is 9.84 Å². The number of hydrogen-bond acceptors (Lipinski definition) is 4. The first kappa shape index (κ1) is 16.1. The molecule has 1 aromatic heterocycles. The summed E-state index contributed by atoms with van der Waals surface area (Å²) >= 11 is 5.85. The van der Waals surface area contributed by atoms with Crippen molar-refractivity contribution in [2.45, 2.75) is 12.5 Å². The Bertz CT molecular complexity index is 826. The molecule has 2 heterocycles. The molecule has 1 saturated heterocycles. The molecule has 3 rings (SSSR count). The van der Waals surface area contributed by atoms with E-state index in [1.807, 2.05) is 12.1 Å². The van der Waals surface area contributed by atoms with E-state index in [1.54, 1.807) is 31.3 Å². The van der Waals surface area contributed by atoms with E-state index < -0.39 is 9.84 Å². The van der Waals surface area contributed by atoms with Crippen LogP contribution in [0.15, 0.2) is 40.8 Å². The first-order valence-corrected chi connectivity index (χ1v) is 9.39. The Morgan fingerprint density at radius 1 is 1.22 bits per heavy atom. The molecule has 5 nitrogen and oxygen atoms in total. The first-order valence-electron chi connectivity index (χ1n) is 7.19. The predicted octanol–water partition coefficient (Wildman–Crippen LogP) is 2.86. The lowest BCUT2D eigenvalue weighted by molar-refractivity contribution is 0.0716. The van der Waals surface area contributed by atoms with Crippen LogP contribution in [0.25, 0.3) is 11.3 Å². The van der Waals surface area contributed by atoms with Gasteiger partial charge in [0, 0.05) is 23.7 Å². The van der Waals surface area contributed by atoms with Crippen molar-refractivity contribution in [3.63, 3.8) is 0 Å². The third kappa shape index (κ3) is 3.43. The third-order valence-electron chi connectivity index (χ3n) is 4.02. The molecule has 7 heteroatoms. The smallest absolute Gasteiger partial charge is 0.289 e. The first-order chi connectivity index (χ1) is 10.9. The molecule has 1 unspecified atom stereocenters. The van der Waals surface area contributed by atoms with Gasteiger partial charge in [-0.1, -0.05) is 11.6 Å². The second kappa shape index (κ2) is 6.02. The van der Waals surface area contributed by atoms with Crippen LogP contribution in [0.2, 0.25) is 5.02 Å². The Morgan fingerprint density at radius 3 is 2.52 bits per heavy atom. The van der Waals surface area contributed by atoms with Crippen LogP contribution in [0.5, 0.6) is 0 Å². The maximum absolute atomic E-state index is 12.5. The van der Waals surface area contributed by atoms with Gasteiger partial charge in [-0.3, -0.25) is 4.79 Å². The SMILES string of the molecule is CN(C(=O)c1ccc(-c2ccc(Cl)cc2)o1)C1CCS(=O)(=O)C1. The lowest BCUT2D eigenvalue weighted by Crippen LogP contribution is -2.37. The summed E-state index contributed by atoms with van der Waals surface area (Å²) in [5, 5.41) is 0.624. The van der Waals surface area contributed by atoms with Gasteiger partial charge in [-0.05, 0) is 42.8 Å². The number of nitrogens with zero attached hydrogens (tertiary/aromatic N) is 1. The Kier molecular flexibility index (Phi) is 4.21. The molecule has 1 aromatic carbocycles. The van der Waals surface area contributed by atoms with Gasteiger partial charge in [0.1, 0.15) is 5.76 Å². The lowest BCUT2D eigenvalue weighted by Gasteiger charge is -2.22. The van der Waals surface area contributed by atoms with Crippen molar-refractivity contribution in [3.8, 4) is 11.3 Å². The number of amides is 1. The van der Waals surface area contributed by atoms with Gasteiger partial charge in [-0.25, -0.2) is 8.42 Å². The summed E-state index contributed by atoms with van der Waals surface area (Å²) in [6, 6.07) is 10.1. The Labute approximate surface area is 139 Å². The minimum atomic E-state index is -3.04. The number of benzene rings is 1. The van der Waals surface area contributed by atoms with Gasteiger partial charge in [0.25, 0.3) is 5.91 Å². The van der Waals surface area contributed by atoms with Gasteiger partial charge in [0.05, 0.1) is 11.5 Å². The normalized spacial score (nSPS) is 19.7. The number of rotatable bonds is 3. The van der Waals surface area contributed by atoms with E-state index in [4.69, 9.17) is 16.0 Å². The Hall–Kier alpha value is -1.79. The highest BCUT2D eigenvalue weighted by atomic mass is 35.5. The maximum atomic E-state index is 12.5. The molecule has 0 spiro atoms. The van der Waals surface area contributed by atoms with Crippen LogP contribution in [0, 0.1) is 0 Å². The van der Waals surface area contributed by atoms with Crippen LogP contribution in [0.1, 0.15) is 17.0 Å². The number of carbonyl (C=O) groups excluding carboxylic acids is 1. The second-order valence-electron chi connectivity index (χ2n) is 5.64. The van der Waals surface area contributed by atoms with Crippen molar-refractivity contribution in [2.24, 2.45) is 0 Å². The molecule has 1 fully saturated rings. The lowest BCUT2D eigenvalue weighted by atomic mass is 10.2. The standard InChI is InChI=1S/C16H16ClNO4S/c1-18(13-8-9-23(20,21)10-13)16(19)15-7-6-14(22-15)11-2-4-12(17)5-3-11/h2-7,13H,8-10H2,1H3. The molecule has 0 saturated carbocycles. The molecule has 1 aliphatic rings. The van der Waals surface area contributed by atoms with Crippen LogP contribution < -0.4 is 0 Å². The predicted molar refractivity (Wildman–Crippen MR) is 88.3 cm³/mol. The van der Waals surface area contributed by atoms with E-state index in [0.717, 1.165) is 5.56 Å². The summed E-state index contributed by atoms with van der Waals surface area (Å²) in [5.74, 6) is 0.593. The van der Waals surface area contributed by atoms with Crippen LogP contribution in [0.4, 0.5) is 0 Å². The van der Waals surface area contributed by atoms with E-state index in [0.29, 0.717) is 17.2 Å². The number of sulfone groups is 1. The van der Waals surface area contributed by atoms with Crippen molar-refractivity contribution < 1.29 is 17.6 Å². The molecule has 0 N–H and O–H groups in total. The van der Waals surface area contributed by atoms with E-state index in [1.165, 1.54) is 4.90 Å². The summed E-state index contributed by atoms with van der Waals surface area (Å²) in [6.07, 6.45) is 0.468. The van der Waals surface area contributed by atoms with Gasteiger partial charge < -0.3 is 9.32 Å². The third-order valence-corrected chi connectivity index (χ3v) is 6.02. The zero-order valence-corrected chi connectivity index (χ0v) is 14.1. The van der Waals surface area contributed by atoms with Crippen molar-refractivity contribution in [1.82, 2.24) is 4.90 Å². The zero-order chi connectivity index (χ0) is 16.6. The number of hydrogen-bond donors (Lipinski definition) is 0. The van der Waals surface area contributed by atoms with E-state index in [2.05, 4.69) is 0 Å². The second-order valence-corrected chi connectivity index (χ2v) is 8.31. The molecular weight excluding hydrogens is 338 g/mol. The summed E-state index contributed by atoms with van der Waals surface area (Å²) in [4.78, 5) is 13.9. The molecule has 122 valence electrons. The van der Waals surface area contributed by atoms with E-state index in [-0.39, 0.29) is 29.2 Å². The van der Waals surface area contributed by atoms with Crippen molar-refractivity contribution in [2.75, 3.05) is 18.6 Å². The molecule has 1 aliphatic heterocycles. The summed E-state index contributed by atoms with van der Waals surface area (Å²) < 4.78 is 28.7. The monoisotopic (exact) mass is 353 g/mol. The highest BCUT2D eigenvalue weighted by Crippen LogP contribution is 2.25. The fourth-order valence-electron chi connectivity index (χ4n) is 2.64. The Balaban J connectivity index is 1.77. The molecule has 0 bridgehead atoms. The quantitative estimate of drug-likeness (QED) is 0.850.